The number of benzene rings is 2. The minimum Gasteiger partial charge on any atom is -0.274 e. The molecule has 144 valence electrons. The first-order valence-corrected chi connectivity index (χ1v) is 9.22. The van der Waals surface area contributed by atoms with Crippen LogP contribution in [0, 0.1) is 5.82 Å². The molecule has 0 atom stereocenters. The van der Waals surface area contributed by atoms with Crippen LogP contribution >= 0.6 is 0 Å². The van der Waals surface area contributed by atoms with Gasteiger partial charge in [0.05, 0.1) is 23.0 Å². The predicted molar refractivity (Wildman–Crippen MR) is 108 cm³/mol. The Morgan fingerprint density at radius 1 is 0.933 bits per heavy atom. The summed E-state index contributed by atoms with van der Waals surface area (Å²) in [5.74, 6) is 0.196. The summed E-state index contributed by atoms with van der Waals surface area (Å²) >= 11 is 0. The summed E-state index contributed by atoms with van der Waals surface area (Å²) in [6.45, 7) is 0. The van der Waals surface area contributed by atoms with Gasteiger partial charge in [-0.15, -0.1) is 5.10 Å². The van der Waals surface area contributed by atoms with Crippen LogP contribution in [0.15, 0.2) is 73.2 Å². The molecule has 6 aromatic rings. The smallest absolute Gasteiger partial charge is 0.200 e. The third-order valence-corrected chi connectivity index (χ3v) is 4.86. The standard InChI is InChI=1S/C21H13FN8/c22-14-8-6-13(7-9-14)17-10-18(27-26-17)19-25-21-16-11-24-30(15-4-2-1-3-5-15)20(16)23-12-29(21)28-19/h1-12H,(H,26,27). The van der Waals surface area contributed by atoms with Crippen molar-refractivity contribution >= 4 is 16.7 Å². The summed E-state index contributed by atoms with van der Waals surface area (Å²) in [6, 6.07) is 17.8. The van der Waals surface area contributed by atoms with E-state index in [1.54, 1.807) is 33.9 Å². The largest absolute Gasteiger partial charge is 0.274 e. The van der Waals surface area contributed by atoms with Gasteiger partial charge in [0, 0.05) is 5.56 Å². The summed E-state index contributed by atoms with van der Waals surface area (Å²) < 4.78 is 16.6. The molecule has 9 heteroatoms. The van der Waals surface area contributed by atoms with Gasteiger partial charge in [0.25, 0.3) is 0 Å². The first-order chi connectivity index (χ1) is 14.8. The minimum atomic E-state index is -0.288. The average molecular weight is 396 g/mol. The highest BCUT2D eigenvalue weighted by atomic mass is 19.1. The second kappa shape index (κ2) is 6.31. The Kier molecular flexibility index (Phi) is 3.48. The van der Waals surface area contributed by atoms with Crippen molar-refractivity contribution in [3.8, 4) is 28.5 Å². The van der Waals surface area contributed by atoms with Crippen LogP contribution in [-0.2, 0) is 0 Å². The predicted octanol–water partition coefficient (Wildman–Crippen LogP) is 3.66. The highest BCUT2D eigenvalue weighted by molar-refractivity contribution is 5.89. The Balaban J connectivity index is 1.44. The van der Waals surface area contributed by atoms with Crippen molar-refractivity contribution in [1.82, 2.24) is 39.6 Å². The van der Waals surface area contributed by atoms with Gasteiger partial charge >= 0.3 is 0 Å². The van der Waals surface area contributed by atoms with E-state index in [4.69, 9.17) is 0 Å². The van der Waals surface area contributed by atoms with E-state index in [1.165, 1.54) is 12.1 Å². The number of halogens is 1. The topological polar surface area (TPSA) is 89.6 Å². The van der Waals surface area contributed by atoms with Gasteiger partial charge in [-0.25, -0.2) is 23.6 Å². The SMILES string of the molecule is Fc1ccc(-c2cc(-c3nc4c5cnn(-c6ccccc6)c5ncn4n3)[nH]n2)cc1. The Morgan fingerprint density at radius 3 is 2.60 bits per heavy atom. The van der Waals surface area contributed by atoms with Crippen LogP contribution in [0.25, 0.3) is 45.1 Å². The third kappa shape index (κ3) is 2.56. The lowest BCUT2D eigenvalue weighted by Crippen LogP contribution is -1.98. The summed E-state index contributed by atoms with van der Waals surface area (Å²) in [6.07, 6.45) is 3.35. The molecule has 30 heavy (non-hydrogen) atoms. The van der Waals surface area contributed by atoms with Crippen LogP contribution in [0.1, 0.15) is 0 Å². The number of nitrogens with zero attached hydrogens (tertiary/aromatic N) is 7. The van der Waals surface area contributed by atoms with Gasteiger partial charge in [-0.3, -0.25) is 5.10 Å². The number of aromatic amines is 1. The van der Waals surface area contributed by atoms with Crippen molar-refractivity contribution in [2.45, 2.75) is 0 Å². The quantitative estimate of drug-likeness (QED) is 0.493. The van der Waals surface area contributed by atoms with Crippen LogP contribution in [0.4, 0.5) is 4.39 Å². The van der Waals surface area contributed by atoms with Crippen LogP contribution < -0.4 is 0 Å². The third-order valence-electron chi connectivity index (χ3n) is 4.86. The Bertz CT molecular complexity index is 1500. The molecule has 4 aromatic heterocycles. The lowest BCUT2D eigenvalue weighted by Gasteiger charge is -2.01. The molecule has 0 amide bonds. The summed E-state index contributed by atoms with van der Waals surface area (Å²) in [5, 5.41) is 17.0. The van der Waals surface area contributed by atoms with Gasteiger partial charge in [-0.05, 0) is 42.5 Å². The zero-order chi connectivity index (χ0) is 20.1. The van der Waals surface area contributed by atoms with E-state index in [0.717, 1.165) is 16.6 Å². The van der Waals surface area contributed by atoms with E-state index >= 15 is 0 Å². The molecule has 0 fully saturated rings. The van der Waals surface area contributed by atoms with Crippen molar-refractivity contribution < 1.29 is 4.39 Å². The molecule has 2 aromatic carbocycles. The molecule has 0 unspecified atom stereocenters. The van der Waals surface area contributed by atoms with E-state index in [1.807, 2.05) is 36.4 Å². The van der Waals surface area contributed by atoms with Crippen LogP contribution in [0.2, 0.25) is 0 Å². The van der Waals surface area contributed by atoms with E-state index in [-0.39, 0.29) is 5.82 Å². The number of para-hydroxylation sites is 1. The van der Waals surface area contributed by atoms with Crippen molar-refractivity contribution in [3.63, 3.8) is 0 Å². The van der Waals surface area contributed by atoms with E-state index in [2.05, 4.69) is 30.4 Å². The van der Waals surface area contributed by atoms with Crippen molar-refractivity contribution in [2.24, 2.45) is 0 Å². The number of hydrogen-bond acceptors (Lipinski definition) is 5. The molecule has 0 saturated carbocycles. The lowest BCUT2D eigenvalue weighted by molar-refractivity contribution is 0.628. The average Bonchev–Trinajstić information content (AvgIpc) is 3.51. The molecule has 0 aliphatic heterocycles. The number of aromatic nitrogens is 8. The van der Waals surface area contributed by atoms with Crippen LogP contribution in [0.5, 0.6) is 0 Å². The summed E-state index contributed by atoms with van der Waals surface area (Å²) in [7, 11) is 0. The highest BCUT2D eigenvalue weighted by Crippen LogP contribution is 2.25. The number of fused-ring (bicyclic) bond motifs is 3. The minimum absolute atomic E-state index is 0.288. The molecule has 1 N–H and O–H groups in total. The zero-order valence-corrected chi connectivity index (χ0v) is 15.4. The van der Waals surface area contributed by atoms with Crippen molar-refractivity contribution in [2.75, 3.05) is 0 Å². The Morgan fingerprint density at radius 2 is 1.77 bits per heavy atom. The fraction of sp³-hybridized carbons (Fsp3) is 0. The van der Waals surface area contributed by atoms with Gasteiger partial charge in [-0.2, -0.15) is 10.2 Å². The highest BCUT2D eigenvalue weighted by Gasteiger charge is 2.16. The van der Waals surface area contributed by atoms with E-state index in [0.29, 0.717) is 28.5 Å². The molecular formula is C21H13FN8. The van der Waals surface area contributed by atoms with Gasteiger partial charge in [-0.1, -0.05) is 18.2 Å². The first kappa shape index (κ1) is 16.5. The number of H-pyrrole nitrogens is 1. The second-order valence-corrected chi connectivity index (χ2v) is 6.75. The first-order valence-electron chi connectivity index (χ1n) is 9.22. The number of hydrogen-bond donors (Lipinski definition) is 1. The molecule has 4 heterocycles. The van der Waals surface area contributed by atoms with Crippen molar-refractivity contribution in [1.29, 1.82) is 0 Å². The fourth-order valence-corrected chi connectivity index (χ4v) is 3.40. The molecule has 6 rings (SSSR count). The number of rotatable bonds is 3. The van der Waals surface area contributed by atoms with Crippen LogP contribution in [-0.4, -0.2) is 39.6 Å². The van der Waals surface area contributed by atoms with E-state index < -0.39 is 0 Å². The maximum atomic E-state index is 13.2. The maximum absolute atomic E-state index is 13.2. The van der Waals surface area contributed by atoms with E-state index in [9.17, 15) is 4.39 Å². The second-order valence-electron chi connectivity index (χ2n) is 6.75. The molecule has 8 nitrogen and oxygen atoms in total. The van der Waals surface area contributed by atoms with Crippen LogP contribution in [0.3, 0.4) is 0 Å². The monoisotopic (exact) mass is 396 g/mol. The molecule has 0 radical (unpaired) electrons. The lowest BCUT2D eigenvalue weighted by atomic mass is 10.1. The fourth-order valence-electron chi connectivity index (χ4n) is 3.40. The Labute approximate surface area is 168 Å². The van der Waals surface area contributed by atoms with Gasteiger partial charge in [0.2, 0.25) is 0 Å². The zero-order valence-electron chi connectivity index (χ0n) is 15.4. The Hall–Kier alpha value is -4.40. The normalized spacial score (nSPS) is 11.5. The molecule has 0 aliphatic rings. The summed E-state index contributed by atoms with van der Waals surface area (Å²) in [4.78, 5) is 9.18. The molecule has 0 bridgehead atoms. The molecule has 0 saturated heterocycles. The van der Waals surface area contributed by atoms with Crippen molar-refractivity contribution in [3.05, 3.63) is 79.0 Å². The maximum Gasteiger partial charge on any atom is 0.200 e. The van der Waals surface area contributed by atoms with Gasteiger partial charge < -0.3 is 0 Å². The molecule has 0 spiro atoms. The van der Waals surface area contributed by atoms with Gasteiger partial charge in [0.15, 0.2) is 17.1 Å². The molecular weight excluding hydrogens is 383 g/mol. The summed E-state index contributed by atoms with van der Waals surface area (Å²) in [5.41, 5.74) is 4.41. The number of nitrogens with one attached hydrogen (secondary N) is 1. The van der Waals surface area contributed by atoms with Gasteiger partial charge in [0.1, 0.15) is 17.8 Å². The molecule has 0 aliphatic carbocycles.